The van der Waals surface area contributed by atoms with Crippen molar-refractivity contribution >= 4 is 5.91 Å². The highest BCUT2D eigenvalue weighted by Gasteiger charge is 2.30. The number of carbonyl (C=O) groups is 1. The lowest BCUT2D eigenvalue weighted by Crippen LogP contribution is -2.52. The fourth-order valence-electron chi connectivity index (χ4n) is 1.63. The van der Waals surface area contributed by atoms with E-state index in [4.69, 9.17) is 11.5 Å². The van der Waals surface area contributed by atoms with E-state index in [0.717, 1.165) is 19.4 Å². The predicted molar refractivity (Wildman–Crippen MR) is 47.4 cm³/mol. The van der Waals surface area contributed by atoms with Crippen LogP contribution in [0.2, 0.25) is 0 Å². The van der Waals surface area contributed by atoms with Crippen LogP contribution in [-0.2, 0) is 4.79 Å². The fraction of sp³-hybridized carbons (Fsp3) is 0.875. The molecule has 0 spiro atoms. The molecule has 0 aliphatic heterocycles. The molecule has 0 unspecified atom stereocenters. The maximum atomic E-state index is 10.6. The van der Waals surface area contributed by atoms with Crippen LogP contribution in [-0.4, -0.2) is 36.0 Å². The number of hydrogen-bond acceptors (Lipinski definition) is 3. The first kappa shape index (κ1) is 9.48. The Balaban J connectivity index is 2.30. The number of nitrogens with two attached hydrogens (primary N) is 2. The quantitative estimate of drug-likeness (QED) is 0.586. The van der Waals surface area contributed by atoms with Gasteiger partial charge in [0.15, 0.2) is 0 Å². The van der Waals surface area contributed by atoms with Crippen LogP contribution in [0.15, 0.2) is 0 Å². The summed E-state index contributed by atoms with van der Waals surface area (Å²) >= 11 is 0. The van der Waals surface area contributed by atoms with Crippen molar-refractivity contribution in [1.29, 1.82) is 0 Å². The second-order valence-corrected chi connectivity index (χ2v) is 3.41. The molecule has 4 heteroatoms. The summed E-state index contributed by atoms with van der Waals surface area (Å²) in [6, 6.07) is 0.814. The van der Waals surface area contributed by atoms with Crippen LogP contribution in [0.5, 0.6) is 0 Å². The second-order valence-electron chi connectivity index (χ2n) is 3.41. The summed E-state index contributed by atoms with van der Waals surface area (Å²) in [5.41, 5.74) is 10.8. The Kier molecular flexibility index (Phi) is 3.05. The Morgan fingerprint density at radius 1 is 1.58 bits per heavy atom. The van der Waals surface area contributed by atoms with Gasteiger partial charge in [-0.15, -0.1) is 0 Å². The molecule has 0 heterocycles. The van der Waals surface area contributed by atoms with Crippen LogP contribution in [0.25, 0.3) is 0 Å². The number of primary amides is 1. The molecule has 1 rings (SSSR count). The van der Waals surface area contributed by atoms with E-state index in [2.05, 4.69) is 4.90 Å². The van der Waals surface area contributed by atoms with Crippen molar-refractivity contribution in [3.63, 3.8) is 0 Å². The summed E-state index contributed by atoms with van der Waals surface area (Å²) in [4.78, 5) is 12.7. The number of amides is 1. The number of hydrogen-bond donors (Lipinski definition) is 2. The van der Waals surface area contributed by atoms with Crippen molar-refractivity contribution in [2.24, 2.45) is 11.5 Å². The van der Waals surface area contributed by atoms with E-state index in [1.165, 1.54) is 0 Å². The molecule has 0 atom stereocenters. The first-order valence-electron chi connectivity index (χ1n) is 4.41. The van der Waals surface area contributed by atoms with Gasteiger partial charge in [-0.2, -0.15) is 0 Å². The van der Waals surface area contributed by atoms with Crippen LogP contribution in [0.3, 0.4) is 0 Å². The summed E-state index contributed by atoms with van der Waals surface area (Å²) in [6.45, 7) is 3.28. The molecule has 1 saturated carbocycles. The molecule has 1 aliphatic carbocycles. The monoisotopic (exact) mass is 171 g/mol. The average molecular weight is 171 g/mol. The van der Waals surface area contributed by atoms with Crippen molar-refractivity contribution in [2.75, 3.05) is 13.1 Å². The molecule has 4 nitrogen and oxygen atoms in total. The third kappa shape index (κ3) is 2.19. The molecule has 0 aromatic heterocycles. The smallest absolute Gasteiger partial charge is 0.231 e. The van der Waals surface area contributed by atoms with E-state index in [1.807, 2.05) is 6.92 Å². The average Bonchev–Trinajstić information content (AvgIpc) is 1.94. The van der Waals surface area contributed by atoms with Gasteiger partial charge in [-0.1, -0.05) is 6.92 Å². The van der Waals surface area contributed by atoms with E-state index in [1.54, 1.807) is 0 Å². The zero-order valence-corrected chi connectivity index (χ0v) is 7.49. The Hall–Kier alpha value is -0.610. The summed E-state index contributed by atoms with van der Waals surface area (Å²) in [7, 11) is 0. The van der Waals surface area contributed by atoms with Gasteiger partial charge in [0, 0.05) is 12.1 Å². The zero-order chi connectivity index (χ0) is 9.14. The van der Waals surface area contributed by atoms with E-state index < -0.39 is 0 Å². The number of nitrogens with zero attached hydrogens (tertiary/aromatic N) is 1. The minimum absolute atomic E-state index is 0.252. The number of likely N-dealkylation sites (N-methyl/N-ethyl adjacent to an activating group) is 1. The van der Waals surface area contributed by atoms with Gasteiger partial charge < -0.3 is 11.5 Å². The Bertz CT molecular complexity index is 166. The molecule has 0 bridgehead atoms. The van der Waals surface area contributed by atoms with Gasteiger partial charge >= 0.3 is 0 Å². The first-order chi connectivity index (χ1) is 5.63. The fourth-order valence-corrected chi connectivity index (χ4v) is 1.63. The van der Waals surface area contributed by atoms with Gasteiger partial charge in [-0.05, 0) is 19.4 Å². The normalized spacial score (nSPS) is 28.6. The third-order valence-electron chi connectivity index (χ3n) is 2.43. The van der Waals surface area contributed by atoms with Crippen molar-refractivity contribution in [1.82, 2.24) is 4.90 Å². The molecule has 1 aliphatic rings. The predicted octanol–water partition coefficient (Wildman–Crippen LogP) is -0.717. The van der Waals surface area contributed by atoms with Crippen molar-refractivity contribution in [2.45, 2.75) is 31.8 Å². The molecule has 0 radical (unpaired) electrons. The van der Waals surface area contributed by atoms with Crippen molar-refractivity contribution in [3.8, 4) is 0 Å². The molecule has 1 amide bonds. The van der Waals surface area contributed by atoms with E-state index in [-0.39, 0.29) is 5.91 Å². The largest absolute Gasteiger partial charge is 0.369 e. The van der Waals surface area contributed by atoms with Gasteiger partial charge in [0.05, 0.1) is 6.54 Å². The molecule has 0 aromatic rings. The topological polar surface area (TPSA) is 72.3 Å². The highest BCUT2D eigenvalue weighted by atomic mass is 16.1. The SMILES string of the molecule is CCN(CC(N)=O)C1CC(N)C1. The molecule has 0 aromatic carbocycles. The zero-order valence-electron chi connectivity index (χ0n) is 7.49. The summed E-state index contributed by atoms with van der Waals surface area (Å²) in [5, 5.41) is 0. The molecule has 0 saturated heterocycles. The standard InChI is InChI=1S/C8H17N3O/c1-2-11(5-8(10)12)7-3-6(9)4-7/h6-7H,2-5,9H2,1H3,(H2,10,12). The van der Waals surface area contributed by atoms with E-state index in [0.29, 0.717) is 18.6 Å². The second kappa shape index (κ2) is 3.87. The van der Waals surface area contributed by atoms with Crippen LogP contribution in [0.4, 0.5) is 0 Å². The van der Waals surface area contributed by atoms with Gasteiger partial charge in [0.2, 0.25) is 5.91 Å². The number of rotatable bonds is 4. The van der Waals surface area contributed by atoms with Crippen molar-refractivity contribution < 1.29 is 4.79 Å². The summed E-state index contributed by atoms with van der Waals surface area (Å²) in [5.74, 6) is -0.252. The van der Waals surface area contributed by atoms with Crippen LogP contribution < -0.4 is 11.5 Å². The van der Waals surface area contributed by atoms with Crippen LogP contribution in [0, 0.1) is 0 Å². The third-order valence-corrected chi connectivity index (χ3v) is 2.43. The molecular formula is C8H17N3O. The molecular weight excluding hydrogens is 154 g/mol. The highest BCUT2D eigenvalue weighted by Crippen LogP contribution is 2.23. The maximum absolute atomic E-state index is 10.6. The van der Waals surface area contributed by atoms with Gasteiger partial charge in [-0.3, -0.25) is 9.69 Å². The first-order valence-corrected chi connectivity index (χ1v) is 4.41. The van der Waals surface area contributed by atoms with Gasteiger partial charge in [-0.25, -0.2) is 0 Å². The summed E-state index contributed by atoms with van der Waals surface area (Å²) in [6.07, 6.45) is 2.00. The Labute approximate surface area is 72.9 Å². The summed E-state index contributed by atoms with van der Waals surface area (Å²) < 4.78 is 0. The minimum atomic E-state index is -0.252. The molecule has 4 N–H and O–H groups in total. The number of carbonyl (C=O) groups excluding carboxylic acids is 1. The Morgan fingerprint density at radius 2 is 2.17 bits per heavy atom. The van der Waals surface area contributed by atoms with Gasteiger partial charge in [0.25, 0.3) is 0 Å². The van der Waals surface area contributed by atoms with Gasteiger partial charge in [0.1, 0.15) is 0 Å². The lowest BCUT2D eigenvalue weighted by Gasteiger charge is -2.40. The highest BCUT2D eigenvalue weighted by molar-refractivity contribution is 5.75. The molecule has 12 heavy (non-hydrogen) atoms. The lowest BCUT2D eigenvalue weighted by molar-refractivity contribution is -0.120. The van der Waals surface area contributed by atoms with E-state index >= 15 is 0 Å². The van der Waals surface area contributed by atoms with Crippen LogP contribution in [0.1, 0.15) is 19.8 Å². The molecule has 1 fully saturated rings. The minimum Gasteiger partial charge on any atom is -0.369 e. The van der Waals surface area contributed by atoms with E-state index in [9.17, 15) is 4.79 Å². The van der Waals surface area contributed by atoms with Crippen LogP contribution >= 0.6 is 0 Å². The Morgan fingerprint density at radius 3 is 2.50 bits per heavy atom. The molecule has 70 valence electrons. The van der Waals surface area contributed by atoms with Crippen molar-refractivity contribution in [3.05, 3.63) is 0 Å². The lowest BCUT2D eigenvalue weighted by atomic mass is 9.86. The maximum Gasteiger partial charge on any atom is 0.231 e.